The summed E-state index contributed by atoms with van der Waals surface area (Å²) < 4.78 is 7.31. The van der Waals surface area contributed by atoms with Gasteiger partial charge in [0.25, 0.3) is 5.56 Å². The molecule has 0 radical (unpaired) electrons. The monoisotopic (exact) mass is 327 g/mol. The van der Waals surface area contributed by atoms with E-state index in [0.717, 1.165) is 38.3 Å². The van der Waals surface area contributed by atoms with Crippen LogP contribution in [0.3, 0.4) is 0 Å². The van der Waals surface area contributed by atoms with Crippen molar-refractivity contribution < 1.29 is 4.74 Å². The fraction of sp³-hybridized carbons (Fsp3) is 0.538. The molecule has 0 bridgehead atoms. The summed E-state index contributed by atoms with van der Waals surface area (Å²) >= 11 is 3.32. The van der Waals surface area contributed by atoms with Gasteiger partial charge in [0.1, 0.15) is 4.47 Å². The first kappa shape index (κ1) is 14.3. The highest BCUT2D eigenvalue weighted by molar-refractivity contribution is 9.10. The van der Waals surface area contributed by atoms with Crippen molar-refractivity contribution >= 4 is 21.6 Å². The molecule has 1 aromatic rings. The van der Waals surface area contributed by atoms with Gasteiger partial charge in [-0.05, 0) is 34.7 Å². The van der Waals surface area contributed by atoms with Gasteiger partial charge in [0.2, 0.25) is 0 Å². The molecule has 0 saturated carbocycles. The number of hydrogen-bond acceptors (Lipinski definition) is 4. The van der Waals surface area contributed by atoms with E-state index in [9.17, 15) is 4.79 Å². The summed E-state index contributed by atoms with van der Waals surface area (Å²) in [6.07, 6.45) is 5.57. The Morgan fingerprint density at radius 1 is 1.68 bits per heavy atom. The van der Waals surface area contributed by atoms with E-state index in [1.165, 1.54) is 4.68 Å². The van der Waals surface area contributed by atoms with Crippen molar-refractivity contribution in [3.8, 4) is 0 Å². The van der Waals surface area contributed by atoms with E-state index in [4.69, 9.17) is 4.74 Å². The van der Waals surface area contributed by atoms with Crippen LogP contribution in [0.1, 0.15) is 12.8 Å². The predicted octanol–water partition coefficient (Wildman–Crippen LogP) is 2.03. The molecule has 6 heteroatoms. The maximum Gasteiger partial charge on any atom is 0.283 e. The fourth-order valence-electron chi connectivity index (χ4n) is 2.06. The van der Waals surface area contributed by atoms with Gasteiger partial charge in [0.15, 0.2) is 0 Å². The van der Waals surface area contributed by atoms with Gasteiger partial charge in [-0.3, -0.25) is 4.79 Å². The van der Waals surface area contributed by atoms with Crippen molar-refractivity contribution in [1.29, 1.82) is 0 Å². The summed E-state index contributed by atoms with van der Waals surface area (Å²) in [5.74, 6) is 0.497. The third kappa shape index (κ3) is 3.67. The lowest BCUT2D eigenvalue weighted by Crippen LogP contribution is -2.27. The number of hydrogen-bond donors (Lipinski definition) is 1. The Balaban J connectivity index is 2.02. The lowest BCUT2D eigenvalue weighted by atomic mass is 10.0. The summed E-state index contributed by atoms with van der Waals surface area (Å²) in [4.78, 5) is 12.0. The first-order valence-corrected chi connectivity index (χ1v) is 7.19. The van der Waals surface area contributed by atoms with Crippen molar-refractivity contribution in [2.45, 2.75) is 19.4 Å². The molecule has 1 unspecified atom stereocenters. The van der Waals surface area contributed by atoms with E-state index in [2.05, 4.69) is 32.9 Å². The molecule has 2 heterocycles. The minimum Gasteiger partial charge on any atom is -0.382 e. The Bertz CT molecular complexity index is 495. The van der Waals surface area contributed by atoms with Gasteiger partial charge in [-0.2, -0.15) is 5.10 Å². The Kier molecular flexibility index (Phi) is 5.15. The van der Waals surface area contributed by atoms with Crippen LogP contribution in [-0.2, 0) is 11.3 Å². The zero-order valence-corrected chi connectivity index (χ0v) is 12.4. The van der Waals surface area contributed by atoms with Crippen molar-refractivity contribution in [3.05, 3.63) is 33.7 Å². The molecule has 1 fully saturated rings. The van der Waals surface area contributed by atoms with E-state index < -0.39 is 0 Å². The molecular formula is C13H18BrN3O2. The number of halogens is 1. The SMILES string of the molecule is C=CCn1ncc(NCC2CCCOC2)c(Br)c1=O. The Hall–Kier alpha value is -1.14. The number of allylic oxidation sites excluding steroid dienone is 1. The molecule has 2 rings (SSSR count). The first-order chi connectivity index (χ1) is 9.22. The largest absolute Gasteiger partial charge is 0.382 e. The topological polar surface area (TPSA) is 56.1 Å². The molecule has 0 aromatic carbocycles. The smallest absolute Gasteiger partial charge is 0.283 e. The third-order valence-corrected chi connectivity index (χ3v) is 3.89. The molecule has 104 valence electrons. The molecule has 0 spiro atoms. The Morgan fingerprint density at radius 2 is 2.53 bits per heavy atom. The van der Waals surface area contributed by atoms with Crippen LogP contribution in [-0.4, -0.2) is 29.5 Å². The van der Waals surface area contributed by atoms with E-state index >= 15 is 0 Å². The normalized spacial score (nSPS) is 19.1. The van der Waals surface area contributed by atoms with Gasteiger partial charge < -0.3 is 10.1 Å². The number of nitrogens with one attached hydrogen (secondary N) is 1. The molecule has 1 atom stereocenters. The maximum absolute atomic E-state index is 12.0. The van der Waals surface area contributed by atoms with Crippen molar-refractivity contribution in [1.82, 2.24) is 9.78 Å². The van der Waals surface area contributed by atoms with Gasteiger partial charge in [-0.25, -0.2) is 4.68 Å². The molecule has 0 amide bonds. The van der Waals surface area contributed by atoms with Crippen LogP contribution in [0.15, 0.2) is 28.1 Å². The lowest BCUT2D eigenvalue weighted by Gasteiger charge is -2.22. The molecule has 0 aliphatic carbocycles. The zero-order chi connectivity index (χ0) is 13.7. The first-order valence-electron chi connectivity index (χ1n) is 6.40. The average Bonchev–Trinajstić information content (AvgIpc) is 2.44. The van der Waals surface area contributed by atoms with Crippen LogP contribution in [0.25, 0.3) is 0 Å². The van der Waals surface area contributed by atoms with Crippen LogP contribution < -0.4 is 10.9 Å². The highest BCUT2D eigenvalue weighted by Gasteiger charge is 2.15. The predicted molar refractivity (Wildman–Crippen MR) is 78.4 cm³/mol. The van der Waals surface area contributed by atoms with Gasteiger partial charge >= 0.3 is 0 Å². The Morgan fingerprint density at radius 3 is 3.21 bits per heavy atom. The van der Waals surface area contributed by atoms with Gasteiger partial charge in [0, 0.05) is 13.2 Å². The van der Waals surface area contributed by atoms with Crippen molar-refractivity contribution in [2.75, 3.05) is 25.1 Å². The maximum atomic E-state index is 12.0. The highest BCUT2D eigenvalue weighted by Crippen LogP contribution is 2.19. The summed E-state index contributed by atoms with van der Waals surface area (Å²) in [6.45, 7) is 6.45. The second kappa shape index (κ2) is 6.86. The standard InChI is InChI=1S/C13H18BrN3O2/c1-2-5-17-13(18)12(14)11(8-16-17)15-7-10-4-3-6-19-9-10/h2,8,10,15H,1,3-7,9H2. The number of anilines is 1. The van der Waals surface area contributed by atoms with Crippen molar-refractivity contribution in [2.24, 2.45) is 5.92 Å². The van der Waals surface area contributed by atoms with Gasteiger partial charge in [-0.1, -0.05) is 6.08 Å². The van der Waals surface area contributed by atoms with E-state index in [1.54, 1.807) is 12.3 Å². The number of aromatic nitrogens is 2. The molecule has 19 heavy (non-hydrogen) atoms. The van der Waals surface area contributed by atoms with Crippen molar-refractivity contribution in [3.63, 3.8) is 0 Å². The highest BCUT2D eigenvalue weighted by atomic mass is 79.9. The fourth-order valence-corrected chi connectivity index (χ4v) is 2.51. The molecule has 1 aromatic heterocycles. The zero-order valence-electron chi connectivity index (χ0n) is 10.8. The minimum atomic E-state index is -0.148. The van der Waals surface area contributed by atoms with E-state index in [0.29, 0.717) is 16.9 Å². The van der Waals surface area contributed by atoms with Crippen LogP contribution in [0, 0.1) is 5.92 Å². The molecular weight excluding hydrogens is 310 g/mol. The molecule has 5 nitrogen and oxygen atoms in total. The Labute approximate surface area is 120 Å². The summed E-state index contributed by atoms with van der Waals surface area (Å²) in [5, 5.41) is 7.37. The number of nitrogens with zero attached hydrogens (tertiary/aromatic N) is 2. The molecule has 1 aliphatic heterocycles. The van der Waals surface area contributed by atoms with Crippen LogP contribution in [0.4, 0.5) is 5.69 Å². The average molecular weight is 328 g/mol. The second-order valence-electron chi connectivity index (χ2n) is 4.61. The van der Waals surface area contributed by atoms with Crippen LogP contribution in [0.2, 0.25) is 0 Å². The summed E-state index contributed by atoms with van der Waals surface area (Å²) in [7, 11) is 0. The quantitative estimate of drug-likeness (QED) is 0.841. The molecule has 1 saturated heterocycles. The van der Waals surface area contributed by atoms with Gasteiger partial charge in [0.05, 0.1) is 25.0 Å². The second-order valence-corrected chi connectivity index (χ2v) is 5.41. The van der Waals surface area contributed by atoms with E-state index in [-0.39, 0.29) is 5.56 Å². The van der Waals surface area contributed by atoms with Crippen LogP contribution in [0.5, 0.6) is 0 Å². The lowest BCUT2D eigenvalue weighted by molar-refractivity contribution is 0.0595. The summed E-state index contributed by atoms with van der Waals surface area (Å²) in [6, 6.07) is 0. The number of ether oxygens (including phenoxy) is 1. The third-order valence-electron chi connectivity index (χ3n) is 3.12. The van der Waals surface area contributed by atoms with Gasteiger partial charge in [-0.15, -0.1) is 6.58 Å². The number of rotatable bonds is 5. The van der Waals surface area contributed by atoms with Crippen LogP contribution >= 0.6 is 15.9 Å². The molecule has 1 aliphatic rings. The minimum absolute atomic E-state index is 0.148. The molecule has 1 N–H and O–H groups in total. The van der Waals surface area contributed by atoms with E-state index in [1.807, 2.05) is 0 Å². The summed E-state index contributed by atoms with van der Waals surface area (Å²) in [5.41, 5.74) is 0.584.